The molecule has 2 amide bonds. The van der Waals surface area contributed by atoms with E-state index in [0.717, 1.165) is 6.42 Å². The summed E-state index contributed by atoms with van der Waals surface area (Å²) in [5, 5.41) is 0. The summed E-state index contributed by atoms with van der Waals surface area (Å²) in [5.74, 6) is 0.0747. The average molecular weight is 311 g/mol. The zero-order chi connectivity index (χ0) is 15.5. The minimum absolute atomic E-state index is 0.0747. The van der Waals surface area contributed by atoms with Crippen LogP contribution < -0.4 is 10.6 Å². The van der Waals surface area contributed by atoms with Crippen molar-refractivity contribution >= 4 is 21.6 Å². The lowest BCUT2D eigenvalue weighted by atomic mass is 10.2. The van der Waals surface area contributed by atoms with Gasteiger partial charge in [0.2, 0.25) is 0 Å². The Morgan fingerprint density at radius 1 is 1.19 bits per heavy atom. The monoisotopic (exact) mass is 311 g/mol. The SMILES string of the molecule is CCS(=O)(=O)c1ccccc1N1CCCN(C(N)=O)CC1. The van der Waals surface area contributed by atoms with Gasteiger partial charge in [-0.25, -0.2) is 13.2 Å². The van der Waals surface area contributed by atoms with Crippen LogP contribution in [0, 0.1) is 0 Å². The summed E-state index contributed by atoms with van der Waals surface area (Å²) in [7, 11) is -3.27. The van der Waals surface area contributed by atoms with Gasteiger partial charge in [-0.15, -0.1) is 0 Å². The summed E-state index contributed by atoms with van der Waals surface area (Å²) in [6, 6.07) is 6.61. The molecule has 21 heavy (non-hydrogen) atoms. The molecule has 2 N–H and O–H groups in total. The van der Waals surface area contributed by atoms with Gasteiger partial charge in [-0.2, -0.15) is 0 Å². The molecule has 1 heterocycles. The van der Waals surface area contributed by atoms with E-state index in [0.29, 0.717) is 36.8 Å². The van der Waals surface area contributed by atoms with Crippen LogP contribution in [0.2, 0.25) is 0 Å². The molecule has 6 nitrogen and oxygen atoms in total. The van der Waals surface area contributed by atoms with E-state index in [1.807, 2.05) is 17.0 Å². The van der Waals surface area contributed by atoms with Crippen LogP contribution in [-0.2, 0) is 9.84 Å². The summed E-state index contributed by atoms with van der Waals surface area (Å²) in [4.78, 5) is 15.2. The van der Waals surface area contributed by atoms with Gasteiger partial charge in [-0.05, 0) is 18.6 Å². The van der Waals surface area contributed by atoms with Crippen LogP contribution in [0.3, 0.4) is 0 Å². The highest BCUT2D eigenvalue weighted by molar-refractivity contribution is 7.91. The van der Waals surface area contributed by atoms with E-state index < -0.39 is 15.9 Å². The van der Waals surface area contributed by atoms with E-state index in [9.17, 15) is 13.2 Å². The highest BCUT2D eigenvalue weighted by Gasteiger charge is 2.23. The summed E-state index contributed by atoms with van der Waals surface area (Å²) in [5.41, 5.74) is 6.03. The number of benzene rings is 1. The van der Waals surface area contributed by atoms with Gasteiger partial charge in [0.1, 0.15) is 0 Å². The quantitative estimate of drug-likeness (QED) is 0.905. The number of carbonyl (C=O) groups is 1. The number of nitrogens with zero attached hydrogens (tertiary/aromatic N) is 2. The second-order valence-corrected chi connectivity index (χ2v) is 7.28. The number of rotatable bonds is 3. The molecule has 1 aliphatic rings. The maximum absolute atomic E-state index is 12.2. The summed E-state index contributed by atoms with van der Waals surface area (Å²) in [6.45, 7) is 4.05. The van der Waals surface area contributed by atoms with E-state index in [2.05, 4.69) is 0 Å². The molecule has 0 bridgehead atoms. The molecule has 1 fully saturated rings. The second kappa shape index (κ2) is 6.34. The fraction of sp³-hybridized carbons (Fsp3) is 0.500. The van der Waals surface area contributed by atoms with E-state index in [1.165, 1.54) is 0 Å². The Morgan fingerprint density at radius 2 is 1.90 bits per heavy atom. The summed E-state index contributed by atoms with van der Waals surface area (Å²) < 4.78 is 24.4. The molecule has 116 valence electrons. The molecule has 1 aliphatic heterocycles. The first-order valence-electron chi connectivity index (χ1n) is 7.07. The minimum Gasteiger partial charge on any atom is -0.369 e. The summed E-state index contributed by atoms with van der Waals surface area (Å²) in [6.07, 6.45) is 0.767. The van der Waals surface area contributed by atoms with Crippen LogP contribution in [0.5, 0.6) is 0 Å². The van der Waals surface area contributed by atoms with E-state index >= 15 is 0 Å². The molecule has 1 aromatic rings. The van der Waals surface area contributed by atoms with Gasteiger partial charge < -0.3 is 15.5 Å². The van der Waals surface area contributed by atoms with Gasteiger partial charge in [0.05, 0.1) is 16.3 Å². The Morgan fingerprint density at radius 3 is 2.57 bits per heavy atom. The number of para-hydroxylation sites is 1. The lowest BCUT2D eigenvalue weighted by molar-refractivity contribution is 0.211. The van der Waals surface area contributed by atoms with Crippen LogP contribution in [0.1, 0.15) is 13.3 Å². The third-order valence-corrected chi connectivity index (χ3v) is 5.50. The highest BCUT2D eigenvalue weighted by atomic mass is 32.2. The maximum atomic E-state index is 12.2. The van der Waals surface area contributed by atoms with E-state index in [1.54, 1.807) is 24.0 Å². The van der Waals surface area contributed by atoms with Crippen molar-refractivity contribution in [2.45, 2.75) is 18.2 Å². The fourth-order valence-corrected chi connectivity index (χ4v) is 3.63. The van der Waals surface area contributed by atoms with Gasteiger partial charge in [-0.3, -0.25) is 0 Å². The van der Waals surface area contributed by atoms with Crippen LogP contribution in [0.15, 0.2) is 29.2 Å². The lowest BCUT2D eigenvalue weighted by Gasteiger charge is -2.25. The standard InChI is InChI=1S/C14H21N3O3S/c1-2-21(19,20)13-7-4-3-6-12(13)16-8-5-9-17(11-10-16)14(15)18/h3-4,6-7H,2,5,8-11H2,1H3,(H2,15,18). The molecular weight excluding hydrogens is 290 g/mol. The number of amides is 2. The molecular formula is C14H21N3O3S. The Labute approximate surface area is 125 Å². The maximum Gasteiger partial charge on any atom is 0.314 e. The van der Waals surface area contributed by atoms with Crippen LogP contribution in [-0.4, -0.2) is 51.3 Å². The van der Waals surface area contributed by atoms with Crippen molar-refractivity contribution < 1.29 is 13.2 Å². The lowest BCUT2D eigenvalue weighted by Crippen LogP contribution is -2.38. The second-order valence-electron chi connectivity index (χ2n) is 5.04. The first kappa shape index (κ1) is 15.6. The fourth-order valence-electron chi connectivity index (χ4n) is 2.52. The number of carbonyl (C=O) groups excluding carboxylic acids is 1. The molecule has 0 radical (unpaired) electrons. The molecule has 0 saturated carbocycles. The van der Waals surface area contributed by atoms with Crippen LogP contribution >= 0.6 is 0 Å². The summed E-state index contributed by atoms with van der Waals surface area (Å²) >= 11 is 0. The Bertz CT molecular complexity index is 616. The zero-order valence-electron chi connectivity index (χ0n) is 12.2. The molecule has 0 unspecified atom stereocenters. The molecule has 0 spiro atoms. The number of urea groups is 1. The number of hydrogen-bond donors (Lipinski definition) is 1. The molecule has 0 atom stereocenters. The smallest absolute Gasteiger partial charge is 0.314 e. The third-order valence-electron chi connectivity index (χ3n) is 3.73. The molecule has 0 aliphatic carbocycles. The topological polar surface area (TPSA) is 83.7 Å². The Kier molecular flexibility index (Phi) is 4.72. The molecule has 1 saturated heterocycles. The van der Waals surface area contributed by atoms with Gasteiger partial charge in [0.15, 0.2) is 9.84 Å². The van der Waals surface area contributed by atoms with Crippen LogP contribution in [0.4, 0.5) is 10.5 Å². The molecule has 7 heteroatoms. The zero-order valence-corrected chi connectivity index (χ0v) is 13.0. The van der Waals surface area contributed by atoms with Gasteiger partial charge in [-0.1, -0.05) is 19.1 Å². The number of nitrogens with two attached hydrogens (primary N) is 1. The van der Waals surface area contributed by atoms with Crippen LogP contribution in [0.25, 0.3) is 0 Å². The largest absolute Gasteiger partial charge is 0.369 e. The van der Waals surface area contributed by atoms with Crippen molar-refractivity contribution in [1.29, 1.82) is 0 Å². The number of sulfone groups is 1. The van der Waals surface area contributed by atoms with Gasteiger partial charge in [0, 0.05) is 26.2 Å². The molecule has 2 rings (SSSR count). The predicted molar refractivity (Wildman–Crippen MR) is 82.2 cm³/mol. The Hall–Kier alpha value is -1.76. The number of anilines is 1. The van der Waals surface area contributed by atoms with Crippen molar-refractivity contribution in [2.75, 3.05) is 36.8 Å². The van der Waals surface area contributed by atoms with Crippen molar-refractivity contribution in [1.82, 2.24) is 4.90 Å². The van der Waals surface area contributed by atoms with Gasteiger partial charge >= 0.3 is 6.03 Å². The first-order chi connectivity index (χ1) is 9.95. The Balaban J connectivity index is 2.29. The van der Waals surface area contributed by atoms with E-state index in [-0.39, 0.29) is 5.75 Å². The molecule has 1 aromatic carbocycles. The predicted octanol–water partition coefficient (Wildman–Crippen LogP) is 1.07. The number of primary amides is 1. The minimum atomic E-state index is -3.27. The highest BCUT2D eigenvalue weighted by Crippen LogP contribution is 2.26. The number of hydrogen-bond acceptors (Lipinski definition) is 4. The van der Waals surface area contributed by atoms with Gasteiger partial charge in [0.25, 0.3) is 0 Å². The third kappa shape index (κ3) is 3.47. The first-order valence-corrected chi connectivity index (χ1v) is 8.72. The average Bonchev–Trinajstić information content (AvgIpc) is 2.73. The van der Waals surface area contributed by atoms with Crippen molar-refractivity contribution in [2.24, 2.45) is 5.73 Å². The van der Waals surface area contributed by atoms with Crippen molar-refractivity contribution in [3.8, 4) is 0 Å². The molecule has 0 aromatic heterocycles. The van der Waals surface area contributed by atoms with Crippen molar-refractivity contribution in [3.05, 3.63) is 24.3 Å². The normalized spacial score (nSPS) is 16.6. The van der Waals surface area contributed by atoms with Crippen molar-refractivity contribution in [3.63, 3.8) is 0 Å². The van der Waals surface area contributed by atoms with E-state index in [4.69, 9.17) is 5.73 Å².